The van der Waals surface area contributed by atoms with Crippen molar-refractivity contribution in [2.45, 2.75) is 31.8 Å². The molecule has 0 saturated carbocycles. The van der Waals surface area contributed by atoms with Crippen LogP contribution in [-0.2, 0) is 0 Å². The molecule has 0 spiro atoms. The summed E-state index contributed by atoms with van der Waals surface area (Å²) in [5.74, 6) is 0.864. The molecule has 0 aromatic carbocycles. The molecule has 3 rings (SSSR count). The number of fused-ring (bicyclic) bond motifs is 1. The predicted octanol–water partition coefficient (Wildman–Crippen LogP) is 1.83. The van der Waals surface area contributed by atoms with Crippen LogP contribution in [0, 0.1) is 5.92 Å². The van der Waals surface area contributed by atoms with Crippen LogP contribution in [0.4, 0.5) is 0 Å². The maximum Gasteiger partial charge on any atom is 0.0335 e. The highest BCUT2D eigenvalue weighted by Gasteiger charge is 2.36. The van der Waals surface area contributed by atoms with Gasteiger partial charge in [-0.1, -0.05) is 6.07 Å². The summed E-state index contributed by atoms with van der Waals surface area (Å²) in [6.07, 6.45) is 6.59. The van der Waals surface area contributed by atoms with Crippen LogP contribution in [0.2, 0.25) is 0 Å². The van der Waals surface area contributed by atoms with Gasteiger partial charge in [-0.15, -0.1) is 0 Å². The topological polar surface area (TPSA) is 28.2 Å². The van der Waals surface area contributed by atoms with Crippen LogP contribution >= 0.6 is 0 Å². The van der Waals surface area contributed by atoms with Crippen LogP contribution < -0.4 is 5.32 Å². The van der Waals surface area contributed by atoms with Gasteiger partial charge in [-0.25, -0.2) is 0 Å². The standard InChI is InChI=1S/C14H21N3/c1-11(12-4-2-6-15-8-12)17-9-13-5-3-7-16-14(13)10-17/h2,4,6,8,11,13-14,16H,3,5,7,9-10H2,1H3. The fourth-order valence-electron chi connectivity index (χ4n) is 3.23. The molecule has 3 heteroatoms. The Morgan fingerprint density at radius 3 is 3.18 bits per heavy atom. The Labute approximate surface area is 103 Å². The van der Waals surface area contributed by atoms with E-state index in [4.69, 9.17) is 0 Å². The lowest BCUT2D eigenvalue weighted by Crippen LogP contribution is -2.40. The Hall–Kier alpha value is -0.930. The number of piperidine rings is 1. The quantitative estimate of drug-likeness (QED) is 0.841. The number of nitrogens with zero attached hydrogens (tertiary/aromatic N) is 2. The summed E-state index contributed by atoms with van der Waals surface area (Å²) in [4.78, 5) is 6.83. The van der Waals surface area contributed by atoms with Gasteiger partial charge in [0, 0.05) is 37.6 Å². The molecule has 2 saturated heterocycles. The zero-order chi connectivity index (χ0) is 11.7. The largest absolute Gasteiger partial charge is 0.312 e. The maximum absolute atomic E-state index is 4.23. The number of likely N-dealkylation sites (tertiary alicyclic amines) is 1. The van der Waals surface area contributed by atoms with E-state index in [0.29, 0.717) is 6.04 Å². The first-order valence-electron chi connectivity index (χ1n) is 6.72. The fourth-order valence-corrected chi connectivity index (χ4v) is 3.23. The van der Waals surface area contributed by atoms with Gasteiger partial charge < -0.3 is 5.32 Å². The van der Waals surface area contributed by atoms with Gasteiger partial charge >= 0.3 is 0 Å². The van der Waals surface area contributed by atoms with Crippen LogP contribution in [0.3, 0.4) is 0 Å². The van der Waals surface area contributed by atoms with Crippen molar-refractivity contribution in [2.24, 2.45) is 5.92 Å². The fraction of sp³-hybridized carbons (Fsp3) is 0.643. The second-order valence-corrected chi connectivity index (χ2v) is 5.38. The lowest BCUT2D eigenvalue weighted by Gasteiger charge is -2.25. The summed E-state index contributed by atoms with van der Waals surface area (Å²) in [5, 5.41) is 3.66. The van der Waals surface area contributed by atoms with Crippen molar-refractivity contribution < 1.29 is 0 Å². The minimum atomic E-state index is 0.496. The lowest BCUT2D eigenvalue weighted by molar-refractivity contribution is 0.250. The van der Waals surface area contributed by atoms with E-state index in [1.54, 1.807) is 0 Å². The van der Waals surface area contributed by atoms with E-state index in [2.05, 4.69) is 28.2 Å². The third-order valence-electron chi connectivity index (χ3n) is 4.34. The number of rotatable bonds is 2. The summed E-state index contributed by atoms with van der Waals surface area (Å²) in [6, 6.07) is 5.44. The van der Waals surface area contributed by atoms with E-state index < -0.39 is 0 Å². The Bertz CT molecular complexity index is 351. The first-order valence-corrected chi connectivity index (χ1v) is 6.72. The summed E-state index contributed by atoms with van der Waals surface area (Å²) in [6.45, 7) is 5.94. The van der Waals surface area contributed by atoms with E-state index in [1.165, 1.54) is 38.0 Å². The molecule has 92 valence electrons. The average molecular weight is 231 g/mol. The first kappa shape index (κ1) is 11.2. The molecule has 3 heterocycles. The summed E-state index contributed by atoms with van der Waals surface area (Å²) in [5.41, 5.74) is 1.34. The van der Waals surface area contributed by atoms with Crippen molar-refractivity contribution in [3.05, 3.63) is 30.1 Å². The van der Waals surface area contributed by atoms with Gasteiger partial charge in [0.2, 0.25) is 0 Å². The highest BCUT2D eigenvalue weighted by atomic mass is 15.2. The van der Waals surface area contributed by atoms with Crippen molar-refractivity contribution in [3.63, 3.8) is 0 Å². The van der Waals surface area contributed by atoms with Crippen LogP contribution in [0.1, 0.15) is 31.4 Å². The molecule has 0 radical (unpaired) electrons. The Morgan fingerprint density at radius 2 is 2.41 bits per heavy atom. The number of pyridine rings is 1. The van der Waals surface area contributed by atoms with Crippen LogP contribution in [0.15, 0.2) is 24.5 Å². The Kier molecular flexibility index (Phi) is 3.12. The molecule has 3 unspecified atom stereocenters. The van der Waals surface area contributed by atoms with Gasteiger partial charge in [0.25, 0.3) is 0 Å². The minimum absolute atomic E-state index is 0.496. The smallest absolute Gasteiger partial charge is 0.0335 e. The molecule has 1 aromatic heterocycles. The third kappa shape index (κ3) is 2.22. The Balaban J connectivity index is 1.70. The highest BCUT2D eigenvalue weighted by molar-refractivity contribution is 5.14. The SMILES string of the molecule is CC(c1cccnc1)N1CC2CCCNC2C1. The van der Waals surface area contributed by atoms with Crippen LogP contribution in [0.25, 0.3) is 0 Å². The summed E-state index contributed by atoms with van der Waals surface area (Å²) in [7, 11) is 0. The van der Waals surface area contributed by atoms with Crippen LogP contribution in [0.5, 0.6) is 0 Å². The van der Waals surface area contributed by atoms with Gasteiger partial charge in [-0.2, -0.15) is 0 Å². The zero-order valence-electron chi connectivity index (χ0n) is 10.5. The molecule has 1 aromatic rings. The van der Waals surface area contributed by atoms with Crippen molar-refractivity contribution in [1.29, 1.82) is 0 Å². The first-order chi connectivity index (χ1) is 8.34. The highest BCUT2D eigenvalue weighted by Crippen LogP contribution is 2.30. The monoisotopic (exact) mass is 231 g/mol. The van der Waals surface area contributed by atoms with E-state index in [0.717, 1.165) is 12.0 Å². The van der Waals surface area contributed by atoms with E-state index in [9.17, 15) is 0 Å². The number of aromatic nitrogens is 1. The van der Waals surface area contributed by atoms with Crippen molar-refractivity contribution in [1.82, 2.24) is 15.2 Å². The van der Waals surface area contributed by atoms with Gasteiger partial charge in [-0.3, -0.25) is 9.88 Å². The molecule has 0 bridgehead atoms. The predicted molar refractivity (Wildman–Crippen MR) is 68.7 cm³/mol. The maximum atomic E-state index is 4.23. The summed E-state index contributed by atoms with van der Waals surface area (Å²) >= 11 is 0. The molecular weight excluding hydrogens is 210 g/mol. The molecule has 2 aliphatic rings. The molecule has 1 N–H and O–H groups in total. The average Bonchev–Trinajstić information content (AvgIpc) is 2.82. The molecule has 17 heavy (non-hydrogen) atoms. The summed E-state index contributed by atoms with van der Waals surface area (Å²) < 4.78 is 0. The molecule has 0 aliphatic carbocycles. The number of hydrogen-bond donors (Lipinski definition) is 1. The van der Waals surface area contributed by atoms with Gasteiger partial charge in [-0.05, 0) is 43.9 Å². The molecule has 0 amide bonds. The van der Waals surface area contributed by atoms with E-state index in [1.807, 2.05) is 18.5 Å². The molecule has 3 nitrogen and oxygen atoms in total. The lowest BCUT2D eigenvalue weighted by atomic mass is 9.94. The molecule has 2 fully saturated rings. The Morgan fingerprint density at radius 1 is 1.47 bits per heavy atom. The molecule has 2 aliphatic heterocycles. The van der Waals surface area contributed by atoms with Crippen LogP contribution in [-0.4, -0.2) is 35.6 Å². The third-order valence-corrected chi connectivity index (χ3v) is 4.34. The van der Waals surface area contributed by atoms with Crippen molar-refractivity contribution in [2.75, 3.05) is 19.6 Å². The van der Waals surface area contributed by atoms with E-state index in [-0.39, 0.29) is 0 Å². The molecule has 3 atom stereocenters. The number of hydrogen-bond acceptors (Lipinski definition) is 3. The second kappa shape index (κ2) is 4.75. The van der Waals surface area contributed by atoms with Crippen molar-refractivity contribution >= 4 is 0 Å². The van der Waals surface area contributed by atoms with Gasteiger partial charge in [0.05, 0.1) is 0 Å². The normalized spacial score (nSPS) is 31.1. The second-order valence-electron chi connectivity index (χ2n) is 5.38. The minimum Gasteiger partial charge on any atom is -0.312 e. The van der Waals surface area contributed by atoms with Gasteiger partial charge in [0.15, 0.2) is 0 Å². The van der Waals surface area contributed by atoms with Gasteiger partial charge in [0.1, 0.15) is 0 Å². The molecular formula is C14H21N3. The van der Waals surface area contributed by atoms with E-state index >= 15 is 0 Å². The number of nitrogens with one attached hydrogen (secondary N) is 1. The zero-order valence-corrected chi connectivity index (χ0v) is 10.5. The van der Waals surface area contributed by atoms with Crippen molar-refractivity contribution in [3.8, 4) is 0 Å².